The molecule has 0 saturated heterocycles. The van der Waals surface area contributed by atoms with E-state index in [2.05, 4.69) is 18.7 Å². The number of ketones is 2. The number of carbonyl (C=O) groups is 2. The molecule has 0 saturated carbocycles. The zero-order chi connectivity index (χ0) is 25.1. The Labute approximate surface area is 203 Å². The van der Waals surface area contributed by atoms with Gasteiger partial charge in [-0.25, -0.2) is 0 Å². The predicted molar refractivity (Wildman–Crippen MR) is 132 cm³/mol. The minimum Gasteiger partial charge on any atom is -0.502 e. The highest BCUT2D eigenvalue weighted by molar-refractivity contribution is 6.08. The van der Waals surface area contributed by atoms with Crippen LogP contribution in [0, 0.1) is 21.4 Å². The van der Waals surface area contributed by atoms with Crippen molar-refractivity contribution in [2.24, 2.45) is 11.3 Å². The first-order valence-electron chi connectivity index (χ1n) is 11.9. The first-order chi connectivity index (χ1) is 16.6. The minimum absolute atomic E-state index is 0.0374. The van der Waals surface area contributed by atoms with Gasteiger partial charge in [-0.15, -0.1) is 0 Å². The van der Waals surface area contributed by atoms with Crippen LogP contribution in [-0.4, -0.2) is 21.6 Å². The topological polar surface area (TPSA) is 101 Å². The average Bonchev–Trinajstić information content (AvgIpc) is 2.77. The van der Waals surface area contributed by atoms with Gasteiger partial charge in [0.1, 0.15) is 0 Å². The molecule has 0 amide bonds. The van der Waals surface area contributed by atoms with E-state index < -0.39 is 22.3 Å². The first-order valence-corrected chi connectivity index (χ1v) is 11.9. The number of benzene rings is 2. The number of allylic oxidation sites excluding steroid dienone is 4. The van der Waals surface area contributed by atoms with Gasteiger partial charge in [0, 0.05) is 53.1 Å². The van der Waals surface area contributed by atoms with Crippen LogP contribution in [0.25, 0.3) is 0 Å². The summed E-state index contributed by atoms with van der Waals surface area (Å²) < 4.78 is 0. The van der Waals surface area contributed by atoms with Gasteiger partial charge in [-0.3, -0.25) is 19.7 Å². The van der Waals surface area contributed by atoms with E-state index in [1.165, 1.54) is 12.1 Å². The number of para-hydroxylation sites is 1. The van der Waals surface area contributed by atoms with Gasteiger partial charge in [0.05, 0.1) is 4.92 Å². The standard InChI is InChI=1S/C28H28N2O5/c1-16-11-20-26(23(32)12-16)25(17-9-10-22(31)19(13-17)30(34)35)27-21(14-28(2,3)15-24(27)33)29(20)18-7-5-4-6-8-18/h4-10,13,16,25,31H,11-12,14-15H2,1-3H3. The van der Waals surface area contributed by atoms with E-state index in [-0.39, 0.29) is 22.9 Å². The molecule has 0 radical (unpaired) electrons. The largest absolute Gasteiger partial charge is 0.502 e. The maximum atomic E-state index is 13.7. The van der Waals surface area contributed by atoms with E-state index in [1.807, 2.05) is 37.3 Å². The summed E-state index contributed by atoms with van der Waals surface area (Å²) in [6.07, 6.45) is 2.00. The van der Waals surface area contributed by atoms with Gasteiger partial charge < -0.3 is 10.0 Å². The first kappa shape index (κ1) is 23.0. The van der Waals surface area contributed by atoms with Gasteiger partial charge in [0.2, 0.25) is 0 Å². The molecule has 35 heavy (non-hydrogen) atoms. The lowest BCUT2D eigenvalue weighted by Crippen LogP contribution is -2.43. The molecule has 2 unspecified atom stereocenters. The molecule has 2 aliphatic carbocycles. The van der Waals surface area contributed by atoms with Crippen LogP contribution >= 0.6 is 0 Å². The number of carbonyl (C=O) groups excluding carboxylic acids is 2. The van der Waals surface area contributed by atoms with Crippen molar-refractivity contribution in [3.05, 3.63) is 86.7 Å². The summed E-state index contributed by atoms with van der Waals surface area (Å²) in [7, 11) is 0. The van der Waals surface area contributed by atoms with Crippen LogP contribution in [0.2, 0.25) is 0 Å². The number of phenolic OH excluding ortho intramolecular Hbond substituents is 1. The van der Waals surface area contributed by atoms with Crippen molar-refractivity contribution >= 4 is 22.9 Å². The number of nitro groups is 1. The van der Waals surface area contributed by atoms with Gasteiger partial charge in [-0.05, 0) is 47.9 Å². The number of hydrogen-bond acceptors (Lipinski definition) is 6. The third kappa shape index (κ3) is 3.85. The number of hydrogen-bond donors (Lipinski definition) is 1. The summed E-state index contributed by atoms with van der Waals surface area (Å²) in [6, 6.07) is 14.0. The van der Waals surface area contributed by atoms with Gasteiger partial charge >= 0.3 is 5.69 Å². The predicted octanol–water partition coefficient (Wildman–Crippen LogP) is 5.80. The van der Waals surface area contributed by atoms with E-state index in [4.69, 9.17) is 0 Å². The summed E-state index contributed by atoms with van der Waals surface area (Å²) in [5, 5.41) is 21.7. The van der Waals surface area contributed by atoms with Gasteiger partial charge in [-0.2, -0.15) is 0 Å². The number of anilines is 1. The van der Waals surface area contributed by atoms with Crippen LogP contribution < -0.4 is 4.90 Å². The van der Waals surface area contributed by atoms with Crippen LogP contribution in [0.3, 0.4) is 0 Å². The molecule has 2 aromatic carbocycles. The fourth-order valence-electron chi connectivity index (χ4n) is 5.86. The Balaban J connectivity index is 1.83. The smallest absolute Gasteiger partial charge is 0.310 e. The van der Waals surface area contributed by atoms with Gasteiger partial charge in [0.25, 0.3) is 0 Å². The number of rotatable bonds is 3. The zero-order valence-corrected chi connectivity index (χ0v) is 20.1. The molecule has 0 spiro atoms. The fraction of sp³-hybridized carbons (Fsp3) is 0.357. The molecule has 1 heterocycles. The molecular formula is C28H28N2O5. The number of phenols is 1. The molecule has 2 aromatic rings. The number of nitrogens with zero attached hydrogens (tertiary/aromatic N) is 2. The Hall–Kier alpha value is -3.74. The Morgan fingerprint density at radius 2 is 1.66 bits per heavy atom. The molecule has 0 bridgehead atoms. The van der Waals surface area contributed by atoms with E-state index in [0.717, 1.165) is 17.1 Å². The summed E-state index contributed by atoms with van der Waals surface area (Å²) in [5.74, 6) is -1.08. The van der Waals surface area contributed by atoms with Crippen molar-refractivity contribution in [1.29, 1.82) is 0 Å². The third-order valence-electron chi connectivity index (χ3n) is 7.24. The highest BCUT2D eigenvalue weighted by Gasteiger charge is 2.48. The van der Waals surface area contributed by atoms with Crippen molar-refractivity contribution in [3.63, 3.8) is 0 Å². The molecule has 7 heteroatoms. The van der Waals surface area contributed by atoms with Gasteiger partial charge in [-0.1, -0.05) is 45.0 Å². The van der Waals surface area contributed by atoms with Crippen LogP contribution in [0.15, 0.2) is 71.1 Å². The monoisotopic (exact) mass is 472 g/mol. The maximum Gasteiger partial charge on any atom is 0.310 e. The molecule has 7 nitrogen and oxygen atoms in total. The van der Waals surface area contributed by atoms with E-state index in [1.54, 1.807) is 6.07 Å². The summed E-state index contributed by atoms with van der Waals surface area (Å²) in [5.41, 5.74) is 3.49. The van der Waals surface area contributed by atoms with E-state index >= 15 is 0 Å². The Bertz CT molecular complexity index is 1320. The molecular weight excluding hydrogens is 444 g/mol. The molecule has 3 aliphatic rings. The second-order valence-electron chi connectivity index (χ2n) is 10.7. The van der Waals surface area contributed by atoms with E-state index in [9.17, 15) is 24.8 Å². The molecule has 2 atom stereocenters. The Morgan fingerprint density at radius 1 is 0.971 bits per heavy atom. The number of nitro benzene ring substituents is 1. The minimum atomic E-state index is -0.692. The molecule has 180 valence electrons. The van der Waals surface area contributed by atoms with Crippen molar-refractivity contribution < 1.29 is 19.6 Å². The highest BCUT2D eigenvalue weighted by Crippen LogP contribution is 2.54. The number of Topliss-reactive ketones (excluding diaryl/α,β-unsaturated/α-hetero) is 2. The lowest BCUT2D eigenvalue weighted by Gasteiger charge is -2.47. The molecule has 1 N–H and O–H groups in total. The second-order valence-corrected chi connectivity index (χ2v) is 10.7. The van der Waals surface area contributed by atoms with Crippen molar-refractivity contribution in [1.82, 2.24) is 0 Å². The third-order valence-corrected chi connectivity index (χ3v) is 7.24. The van der Waals surface area contributed by atoms with Crippen LogP contribution in [0.4, 0.5) is 11.4 Å². The normalized spacial score (nSPS) is 23.8. The Morgan fingerprint density at radius 3 is 2.34 bits per heavy atom. The number of aromatic hydroxyl groups is 1. The second kappa shape index (κ2) is 8.18. The average molecular weight is 473 g/mol. The summed E-state index contributed by atoms with van der Waals surface area (Å²) in [6.45, 7) is 6.18. The van der Waals surface area contributed by atoms with Crippen molar-refractivity contribution in [2.45, 2.75) is 52.4 Å². The molecule has 0 fully saturated rings. The maximum absolute atomic E-state index is 13.7. The lowest BCUT2D eigenvalue weighted by molar-refractivity contribution is -0.385. The van der Waals surface area contributed by atoms with Crippen LogP contribution in [0.5, 0.6) is 5.75 Å². The zero-order valence-electron chi connectivity index (χ0n) is 20.1. The van der Waals surface area contributed by atoms with Crippen molar-refractivity contribution in [2.75, 3.05) is 4.90 Å². The summed E-state index contributed by atoms with van der Waals surface area (Å²) in [4.78, 5) is 40.4. The highest BCUT2D eigenvalue weighted by atomic mass is 16.6. The van der Waals surface area contributed by atoms with Crippen LogP contribution in [0.1, 0.15) is 57.9 Å². The SMILES string of the molecule is CC1CC(=O)C2=C(C1)N(c1ccccc1)C1=C(C(=O)CC(C)(C)C1)C2c1ccc(O)c([N+](=O)[O-])c1. The Kier molecular flexibility index (Phi) is 5.38. The summed E-state index contributed by atoms with van der Waals surface area (Å²) >= 11 is 0. The lowest BCUT2D eigenvalue weighted by atomic mass is 9.65. The fourth-order valence-corrected chi connectivity index (χ4v) is 5.86. The van der Waals surface area contributed by atoms with E-state index in [0.29, 0.717) is 42.4 Å². The van der Waals surface area contributed by atoms with Crippen LogP contribution in [-0.2, 0) is 9.59 Å². The van der Waals surface area contributed by atoms with Gasteiger partial charge in [0.15, 0.2) is 17.3 Å². The molecule has 5 rings (SSSR count). The quantitative estimate of drug-likeness (QED) is 0.447. The van der Waals surface area contributed by atoms with Crippen molar-refractivity contribution in [3.8, 4) is 5.75 Å². The molecule has 0 aromatic heterocycles. The molecule has 1 aliphatic heterocycles.